The predicted molar refractivity (Wildman–Crippen MR) is 74.0 cm³/mol. The molecule has 90 valence electrons. The molecular formula is C17H16O. The van der Waals surface area contributed by atoms with Gasteiger partial charge in [-0.05, 0) is 54.0 Å². The standard InChI is InChI=1S/C17H16O/c18-13-6-9-15-12(10-13)5-8-16-14-3-1-2-11(14)4-7-17(15)16/h4-10,14,16,18H,1-3H2. The van der Waals surface area contributed by atoms with Crippen LogP contribution in [0.3, 0.4) is 0 Å². The molecule has 4 rings (SSSR count). The Hall–Kier alpha value is -1.76. The summed E-state index contributed by atoms with van der Waals surface area (Å²) in [7, 11) is 0. The summed E-state index contributed by atoms with van der Waals surface area (Å²) in [4.78, 5) is 0. The van der Waals surface area contributed by atoms with E-state index in [2.05, 4.69) is 30.4 Å². The zero-order valence-corrected chi connectivity index (χ0v) is 10.3. The second kappa shape index (κ2) is 3.61. The second-order valence-corrected chi connectivity index (χ2v) is 5.52. The maximum absolute atomic E-state index is 9.57. The Morgan fingerprint density at radius 1 is 1.17 bits per heavy atom. The molecule has 0 heterocycles. The molecule has 1 nitrogen and oxygen atoms in total. The summed E-state index contributed by atoms with van der Waals surface area (Å²) in [5, 5.41) is 9.57. The Kier molecular flexibility index (Phi) is 2.05. The lowest BCUT2D eigenvalue weighted by Gasteiger charge is -2.31. The van der Waals surface area contributed by atoms with Crippen LogP contribution in [-0.2, 0) is 0 Å². The molecule has 0 radical (unpaired) electrons. The third-order valence-corrected chi connectivity index (χ3v) is 4.56. The van der Waals surface area contributed by atoms with E-state index in [0.29, 0.717) is 11.7 Å². The van der Waals surface area contributed by atoms with Crippen molar-refractivity contribution in [3.8, 4) is 5.75 Å². The van der Waals surface area contributed by atoms with E-state index in [1.807, 2.05) is 6.07 Å². The average molecular weight is 236 g/mol. The highest BCUT2D eigenvalue weighted by Crippen LogP contribution is 2.48. The summed E-state index contributed by atoms with van der Waals surface area (Å²) in [6, 6.07) is 5.71. The van der Waals surface area contributed by atoms with Gasteiger partial charge in [0, 0.05) is 5.92 Å². The molecule has 0 aromatic heterocycles. The molecule has 3 aliphatic rings. The van der Waals surface area contributed by atoms with Crippen molar-refractivity contribution < 1.29 is 5.11 Å². The Morgan fingerprint density at radius 2 is 2.11 bits per heavy atom. The van der Waals surface area contributed by atoms with Crippen molar-refractivity contribution in [2.24, 2.45) is 11.8 Å². The lowest BCUT2D eigenvalue weighted by atomic mass is 9.73. The molecule has 0 aliphatic heterocycles. The fraction of sp³-hybridized carbons (Fsp3) is 0.294. The fourth-order valence-corrected chi connectivity index (χ4v) is 3.70. The summed E-state index contributed by atoms with van der Waals surface area (Å²) < 4.78 is 0. The molecule has 3 aliphatic carbocycles. The van der Waals surface area contributed by atoms with E-state index >= 15 is 0 Å². The highest BCUT2D eigenvalue weighted by molar-refractivity contribution is 5.83. The van der Waals surface area contributed by atoms with E-state index in [0.717, 1.165) is 11.5 Å². The van der Waals surface area contributed by atoms with Gasteiger partial charge in [-0.15, -0.1) is 0 Å². The van der Waals surface area contributed by atoms with Gasteiger partial charge in [0.2, 0.25) is 0 Å². The minimum absolute atomic E-state index is 0.352. The minimum atomic E-state index is 0.352. The van der Waals surface area contributed by atoms with Gasteiger partial charge >= 0.3 is 0 Å². The summed E-state index contributed by atoms with van der Waals surface area (Å²) in [5.74, 6) is 1.64. The van der Waals surface area contributed by atoms with Crippen LogP contribution in [0.5, 0.6) is 5.75 Å². The molecule has 1 aromatic rings. The number of hydrogen-bond acceptors (Lipinski definition) is 1. The third-order valence-electron chi connectivity index (χ3n) is 4.56. The van der Waals surface area contributed by atoms with Crippen LogP contribution >= 0.6 is 0 Å². The first-order valence-electron chi connectivity index (χ1n) is 6.75. The Balaban J connectivity index is 1.87. The van der Waals surface area contributed by atoms with Crippen molar-refractivity contribution >= 4 is 11.6 Å². The molecule has 1 heteroatoms. The Bertz CT molecular complexity index is 604. The minimum Gasteiger partial charge on any atom is -0.508 e. The normalized spacial score (nSPS) is 28.0. The number of fused-ring (bicyclic) bond motifs is 5. The van der Waals surface area contributed by atoms with Gasteiger partial charge in [-0.2, -0.15) is 0 Å². The van der Waals surface area contributed by atoms with Crippen molar-refractivity contribution in [1.29, 1.82) is 0 Å². The van der Waals surface area contributed by atoms with Crippen LogP contribution in [0.15, 0.2) is 42.0 Å². The van der Waals surface area contributed by atoms with E-state index in [1.54, 1.807) is 11.6 Å². The average Bonchev–Trinajstić information content (AvgIpc) is 2.86. The Labute approximate surface area is 107 Å². The van der Waals surface area contributed by atoms with Gasteiger partial charge in [0.15, 0.2) is 0 Å². The van der Waals surface area contributed by atoms with E-state index in [1.165, 1.54) is 30.4 Å². The highest BCUT2D eigenvalue weighted by Gasteiger charge is 2.34. The SMILES string of the molecule is Oc1ccc2c(c1)C=CC1C2=CC=C2CCCC21. The monoisotopic (exact) mass is 236 g/mol. The van der Waals surface area contributed by atoms with Crippen molar-refractivity contribution in [2.75, 3.05) is 0 Å². The summed E-state index contributed by atoms with van der Waals surface area (Å²) in [5.41, 5.74) is 5.51. The number of aromatic hydroxyl groups is 1. The fourth-order valence-electron chi connectivity index (χ4n) is 3.70. The maximum atomic E-state index is 9.57. The highest BCUT2D eigenvalue weighted by atomic mass is 16.3. The lowest BCUT2D eigenvalue weighted by Crippen LogP contribution is -2.18. The number of rotatable bonds is 0. The van der Waals surface area contributed by atoms with E-state index in [4.69, 9.17) is 0 Å². The number of phenols is 1. The largest absolute Gasteiger partial charge is 0.508 e. The quantitative estimate of drug-likeness (QED) is 0.717. The van der Waals surface area contributed by atoms with Crippen molar-refractivity contribution in [3.63, 3.8) is 0 Å². The van der Waals surface area contributed by atoms with Crippen LogP contribution in [0.2, 0.25) is 0 Å². The van der Waals surface area contributed by atoms with E-state index in [-0.39, 0.29) is 0 Å². The lowest BCUT2D eigenvalue weighted by molar-refractivity contribution is 0.475. The third kappa shape index (κ3) is 1.34. The number of hydrogen-bond donors (Lipinski definition) is 1. The molecule has 1 saturated carbocycles. The van der Waals surface area contributed by atoms with Crippen LogP contribution in [-0.4, -0.2) is 5.11 Å². The molecule has 2 atom stereocenters. The topological polar surface area (TPSA) is 20.2 Å². The van der Waals surface area contributed by atoms with Gasteiger partial charge in [0.1, 0.15) is 5.75 Å². The zero-order chi connectivity index (χ0) is 12.1. The predicted octanol–water partition coefficient (Wildman–Crippen LogP) is 4.16. The molecule has 1 N–H and O–H groups in total. The molecule has 0 bridgehead atoms. The molecule has 0 saturated heterocycles. The van der Waals surface area contributed by atoms with Gasteiger partial charge in [0.25, 0.3) is 0 Å². The van der Waals surface area contributed by atoms with Gasteiger partial charge in [-0.1, -0.05) is 35.9 Å². The van der Waals surface area contributed by atoms with Crippen LogP contribution < -0.4 is 0 Å². The van der Waals surface area contributed by atoms with Crippen molar-refractivity contribution in [1.82, 2.24) is 0 Å². The first-order chi connectivity index (χ1) is 8.83. The molecule has 0 spiro atoms. The van der Waals surface area contributed by atoms with Crippen LogP contribution in [0.25, 0.3) is 11.6 Å². The van der Waals surface area contributed by atoms with Crippen LogP contribution in [0.4, 0.5) is 0 Å². The molecule has 18 heavy (non-hydrogen) atoms. The van der Waals surface area contributed by atoms with E-state index in [9.17, 15) is 5.11 Å². The maximum Gasteiger partial charge on any atom is 0.116 e. The second-order valence-electron chi connectivity index (χ2n) is 5.52. The van der Waals surface area contributed by atoms with Crippen molar-refractivity contribution in [2.45, 2.75) is 19.3 Å². The van der Waals surface area contributed by atoms with Crippen LogP contribution in [0.1, 0.15) is 30.4 Å². The number of allylic oxidation sites excluding steroid dienone is 5. The summed E-state index contributed by atoms with van der Waals surface area (Å²) in [6.07, 6.45) is 13.1. The van der Waals surface area contributed by atoms with Crippen molar-refractivity contribution in [3.05, 3.63) is 53.1 Å². The molecule has 1 fully saturated rings. The zero-order valence-electron chi connectivity index (χ0n) is 10.3. The van der Waals surface area contributed by atoms with E-state index < -0.39 is 0 Å². The molecular weight excluding hydrogens is 220 g/mol. The van der Waals surface area contributed by atoms with Gasteiger partial charge < -0.3 is 5.11 Å². The summed E-state index contributed by atoms with van der Waals surface area (Å²) >= 11 is 0. The summed E-state index contributed by atoms with van der Waals surface area (Å²) in [6.45, 7) is 0. The molecule has 2 unspecified atom stereocenters. The van der Waals surface area contributed by atoms with Gasteiger partial charge in [-0.3, -0.25) is 0 Å². The van der Waals surface area contributed by atoms with Crippen LogP contribution in [0, 0.1) is 11.8 Å². The van der Waals surface area contributed by atoms with Gasteiger partial charge in [0.05, 0.1) is 0 Å². The number of phenolic OH excluding ortho intramolecular Hbond substituents is 1. The van der Waals surface area contributed by atoms with Gasteiger partial charge in [-0.25, -0.2) is 0 Å². The number of benzene rings is 1. The first-order valence-corrected chi connectivity index (χ1v) is 6.75. The Morgan fingerprint density at radius 3 is 3.06 bits per heavy atom. The molecule has 0 amide bonds. The molecule has 1 aromatic carbocycles. The first kappa shape index (κ1) is 10.2. The smallest absolute Gasteiger partial charge is 0.116 e.